The highest BCUT2D eigenvalue weighted by Crippen LogP contribution is 2.13. The van der Waals surface area contributed by atoms with E-state index in [9.17, 15) is 9.59 Å². The fourth-order valence-electron chi connectivity index (χ4n) is 2.11. The topological polar surface area (TPSA) is 116 Å². The van der Waals surface area contributed by atoms with Gasteiger partial charge in [0.1, 0.15) is 0 Å². The van der Waals surface area contributed by atoms with E-state index in [0.29, 0.717) is 16.8 Å². The lowest BCUT2D eigenvalue weighted by Gasteiger charge is -2.04. The normalized spacial score (nSPS) is 10.9. The molecule has 0 radical (unpaired) electrons. The molecule has 2 aromatic rings. The number of rotatable bonds is 6. The summed E-state index contributed by atoms with van der Waals surface area (Å²) in [5.74, 6) is -1.41. The fourth-order valence-corrected chi connectivity index (χ4v) is 2.11. The molecular formula is C19H17N3O3. The Kier molecular flexibility index (Phi) is 5.84. The first-order valence-corrected chi connectivity index (χ1v) is 7.38. The maximum absolute atomic E-state index is 12.3. The molecule has 0 saturated carbocycles. The third-order valence-corrected chi connectivity index (χ3v) is 3.18. The number of hydrogen-bond acceptors (Lipinski definition) is 3. The summed E-state index contributed by atoms with van der Waals surface area (Å²) < 4.78 is 0. The Bertz CT molecular complexity index is 870. The van der Waals surface area contributed by atoms with E-state index in [0.717, 1.165) is 11.6 Å². The van der Waals surface area contributed by atoms with Crippen molar-refractivity contribution in [2.75, 3.05) is 5.32 Å². The molecule has 0 heterocycles. The van der Waals surface area contributed by atoms with Crippen LogP contribution >= 0.6 is 0 Å². The van der Waals surface area contributed by atoms with Gasteiger partial charge in [-0.1, -0.05) is 36.4 Å². The van der Waals surface area contributed by atoms with E-state index in [1.165, 1.54) is 12.2 Å². The number of benzene rings is 2. The highest BCUT2D eigenvalue weighted by Gasteiger charge is 2.02. The Morgan fingerprint density at radius 3 is 2.32 bits per heavy atom. The van der Waals surface area contributed by atoms with Gasteiger partial charge in [-0.3, -0.25) is 10.2 Å². The predicted molar refractivity (Wildman–Crippen MR) is 98.5 cm³/mol. The Labute approximate surface area is 144 Å². The smallest absolute Gasteiger partial charge is 0.328 e. The number of aliphatic carboxylic acids is 1. The molecule has 0 bridgehead atoms. The Morgan fingerprint density at radius 1 is 1.00 bits per heavy atom. The number of allylic oxidation sites excluding steroid dienone is 1. The van der Waals surface area contributed by atoms with Crippen LogP contribution in [0.1, 0.15) is 21.5 Å². The third-order valence-electron chi connectivity index (χ3n) is 3.18. The minimum Gasteiger partial charge on any atom is -0.478 e. The lowest BCUT2D eigenvalue weighted by Crippen LogP contribution is -2.20. The van der Waals surface area contributed by atoms with Crippen molar-refractivity contribution in [2.24, 2.45) is 5.73 Å². The Morgan fingerprint density at radius 2 is 1.64 bits per heavy atom. The highest BCUT2D eigenvalue weighted by molar-refractivity contribution is 6.07. The SMILES string of the molecule is N=C(N)Nc1cccc(C=CC(=O)c2cccc(C=CC(=O)O)c2)c1. The number of nitrogens with one attached hydrogen (secondary N) is 2. The number of guanidine groups is 1. The van der Waals surface area contributed by atoms with Gasteiger partial charge in [-0.05, 0) is 41.5 Å². The summed E-state index contributed by atoms with van der Waals surface area (Å²) in [6, 6.07) is 13.8. The van der Waals surface area contributed by atoms with Crippen molar-refractivity contribution in [3.63, 3.8) is 0 Å². The van der Waals surface area contributed by atoms with E-state index >= 15 is 0 Å². The van der Waals surface area contributed by atoms with E-state index in [1.807, 2.05) is 6.07 Å². The quantitative estimate of drug-likeness (QED) is 0.280. The molecule has 6 heteroatoms. The Balaban J connectivity index is 2.14. The maximum Gasteiger partial charge on any atom is 0.328 e. The van der Waals surface area contributed by atoms with E-state index in [-0.39, 0.29) is 11.7 Å². The first-order chi connectivity index (χ1) is 11.9. The van der Waals surface area contributed by atoms with Gasteiger partial charge in [0.05, 0.1) is 0 Å². The number of carboxylic acid groups (broad SMARTS) is 1. The lowest BCUT2D eigenvalue weighted by molar-refractivity contribution is -0.131. The zero-order valence-electron chi connectivity index (χ0n) is 13.3. The second kappa shape index (κ2) is 8.26. The molecule has 0 aromatic heterocycles. The number of carbonyl (C=O) groups excluding carboxylic acids is 1. The molecule has 0 saturated heterocycles. The molecule has 6 nitrogen and oxygen atoms in total. The first kappa shape index (κ1) is 17.7. The molecule has 2 rings (SSSR count). The summed E-state index contributed by atoms with van der Waals surface area (Å²) in [6.45, 7) is 0. The highest BCUT2D eigenvalue weighted by atomic mass is 16.4. The summed E-state index contributed by atoms with van der Waals surface area (Å²) >= 11 is 0. The van der Waals surface area contributed by atoms with Crippen LogP contribution < -0.4 is 11.1 Å². The van der Waals surface area contributed by atoms with E-state index in [4.69, 9.17) is 16.2 Å². The predicted octanol–water partition coefficient (Wildman–Crippen LogP) is 2.99. The van der Waals surface area contributed by atoms with Crippen molar-refractivity contribution in [3.05, 3.63) is 77.4 Å². The van der Waals surface area contributed by atoms with Crippen molar-refractivity contribution in [1.29, 1.82) is 5.41 Å². The summed E-state index contributed by atoms with van der Waals surface area (Å²) in [7, 11) is 0. The maximum atomic E-state index is 12.3. The minimum atomic E-state index is -1.05. The first-order valence-electron chi connectivity index (χ1n) is 7.38. The van der Waals surface area contributed by atoms with Gasteiger partial charge in [-0.15, -0.1) is 0 Å². The lowest BCUT2D eigenvalue weighted by atomic mass is 10.1. The van der Waals surface area contributed by atoms with Crippen LogP contribution in [0.2, 0.25) is 0 Å². The number of anilines is 1. The molecule has 126 valence electrons. The Hall–Kier alpha value is -3.67. The average molecular weight is 335 g/mol. The van der Waals surface area contributed by atoms with Crippen molar-refractivity contribution >= 4 is 35.6 Å². The average Bonchev–Trinajstić information content (AvgIpc) is 2.58. The van der Waals surface area contributed by atoms with Crippen LogP contribution in [0.25, 0.3) is 12.2 Å². The van der Waals surface area contributed by atoms with Crippen LogP contribution in [0.4, 0.5) is 5.69 Å². The van der Waals surface area contributed by atoms with Crippen LogP contribution in [0, 0.1) is 5.41 Å². The van der Waals surface area contributed by atoms with Crippen LogP contribution in [0.5, 0.6) is 0 Å². The summed E-state index contributed by atoms with van der Waals surface area (Å²) in [6.07, 6.45) is 5.55. The number of ketones is 1. The number of hydrogen-bond donors (Lipinski definition) is 4. The molecule has 0 amide bonds. The molecular weight excluding hydrogens is 318 g/mol. The van der Waals surface area contributed by atoms with E-state index < -0.39 is 5.97 Å². The standard InChI is InChI=1S/C19H17N3O3/c20-19(21)22-16-6-2-4-14(12-16)7-9-17(23)15-5-1-3-13(11-15)8-10-18(24)25/h1-12H,(H,24,25)(H4,20,21,22). The van der Waals surface area contributed by atoms with Crippen molar-refractivity contribution in [1.82, 2.24) is 0 Å². The summed E-state index contributed by atoms with van der Waals surface area (Å²) in [5.41, 5.74) is 7.82. The second-order valence-electron chi connectivity index (χ2n) is 5.16. The van der Waals surface area contributed by atoms with Crippen LogP contribution in [0.15, 0.2) is 60.7 Å². The van der Waals surface area contributed by atoms with Crippen molar-refractivity contribution < 1.29 is 14.7 Å². The van der Waals surface area contributed by atoms with Gasteiger partial charge in [0.25, 0.3) is 0 Å². The largest absolute Gasteiger partial charge is 0.478 e. The summed E-state index contributed by atoms with van der Waals surface area (Å²) in [4.78, 5) is 22.8. The van der Waals surface area contributed by atoms with Gasteiger partial charge in [0.15, 0.2) is 11.7 Å². The van der Waals surface area contributed by atoms with Gasteiger partial charge >= 0.3 is 5.97 Å². The minimum absolute atomic E-state index is 0.163. The second-order valence-corrected chi connectivity index (χ2v) is 5.16. The van der Waals surface area contributed by atoms with Gasteiger partial charge in [0, 0.05) is 17.3 Å². The van der Waals surface area contributed by atoms with Gasteiger partial charge in [-0.25, -0.2) is 4.79 Å². The van der Waals surface area contributed by atoms with E-state index in [1.54, 1.807) is 48.5 Å². The monoisotopic (exact) mass is 335 g/mol. The molecule has 0 unspecified atom stereocenters. The van der Waals surface area contributed by atoms with Crippen LogP contribution in [0.3, 0.4) is 0 Å². The number of carboxylic acids is 1. The van der Waals surface area contributed by atoms with Crippen molar-refractivity contribution in [2.45, 2.75) is 0 Å². The van der Waals surface area contributed by atoms with Gasteiger partial charge in [-0.2, -0.15) is 0 Å². The molecule has 0 aliphatic heterocycles. The third kappa shape index (κ3) is 5.80. The zero-order chi connectivity index (χ0) is 18.2. The molecule has 0 aliphatic rings. The van der Waals surface area contributed by atoms with Gasteiger partial charge in [0.2, 0.25) is 0 Å². The molecule has 2 aromatic carbocycles. The molecule has 0 aliphatic carbocycles. The van der Waals surface area contributed by atoms with Crippen molar-refractivity contribution in [3.8, 4) is 0 Å². The molecule has 5 N–H and O–H groups in total. The molecule has 0 spiro atoms. The summed E-state index contributed by atoms with van der Waals surface area (Å²) in [5, 5.41) is 18.5. The molecule has 25 heavy (non-hydrogen) atoms. The fraction of sp³-hybridized carbons (Fsp3) is 0. The number of carbonyl (C=O) groups is 2. The molecule has 0 fully saturated rings. The van der Waals surface area contributed by atoms with Gasteiger partial charge < -0.3 is 16.2 Å². The van der Waals surface area contributed by atoms with Crippen LogP contribution in [-0.2, 0) is 4.79 Å². The van der Waals surface area contributed by atoms with E-state index in [2.05, 4.69) is 5.32 Å². The zero-order valence-corrected chi connectivity index (χ0v) is 13.3. The number of nitrogens with two attached hydrogens (primary N) is 1. The van der Waals surface area contributed by atoms with Crippen LogP contribution in [-0.4, -0.2) is 22.8 Å². The molecule has 0 atom stereocenters.